The Morgan fingerprint density at radius 2 is 1.13 bits per heavy atom. The van der Waals surface area contributed by atoms with E-state index in [-0.39, 0.29) is 5.78 Å². The Kier molecular flexibility index (Phi) is 5.75. The SMILES string of the molecule is NCc1cccc(-c2ncccc2C(=O)c2cccnc2-c2cccc(CN)c2)c1. The lowest BCUT2D eigenvalue weighted by Gasteiger charge is -2.12. The van der Waals surface area contributed by atoms with E-state index in [2.05, 4.69) is 9.97 Å². The van der Waals surface area contributed by atoms with Crippen LogP contribution in [0.1, 0.15) is 27.0 Å². The lowest BCUT2D eigenvalue weighted by atomic mass is 9.94. The zero-order chi connectivity index (χ0) is 20.9. The van der Waals surface area contributed by atoms with Crippen LogP contribution in [0.15, 0.2) is 85.2 Å². The van der Waals surface area contributed by atoms with Crippen LogP contribution in [0.2, 0.25) is 0 Å². The monoisotopic (exact) mass is 394 g/mol. The molecule has 0 fully saturated rings. The van der Waals surface area contributed by atoms with Gasteiger partial charge in [-0.1, -0.05) is 36.4 Å². The van der Waals surface area contributed by atoms with E-state index in [9.17, 15) is 4.79 Å². The van der Waals surface area contributed by atoms with Crippen molar-refractivity contribution in [1.29, 1.82) is 0 Å². The summed E-state index contributed by atoms with van der Waals surface area (Å²) in [6.07, 6.45) is 3.38. The molecule has 148 valence electrons. The number of pyridine rings is 2. The summed E-state index contributed by atoms with van der Waals surface area (Å²) in [7, 11) is 0. The van der Waals surface area contributed by atoms with E-state index in [4.69, 9.17) is 11.5 Å². The van der Waals surface area contributed by atoms with Gasteiger partial charge >= 0.3 is 0 Å². The summed E-state index contributed by atoms with van der Waals surface area (Å²) >= 11 is 0. The average Bonchev–Trinajstić information content (AvgIpc) is 2.83. The normalized spacial score (nSPS) is 10.7. The number of ketones is 1. The minimum atomic E-state index is -0.127. The molecule has 4 rings (SSSR count). The highest BCUT2D eigenvalue weighted by atomic mass is 16.1. The number of nitrogens with zero attached hydrogens (tertiary/aromatic N) is 2. The first-order valence-electron chi connectivity index (χ1n) is 9.74. The van der Waals surface area contributed by atoms with Crippen LogP contribution in [0.5, 0.6) is 0 Å². The van der Waals surface area contributed by atoms with Crippen LogP contribution in [0.4, 0.5) is 0 Å². The van der Waals surface area contributed by atoms with Crippen molar-refractivity contribution in [2.75, 3.05) is 0 Å². The predicted octanol–water partition coefficient (Wildman–Crippen LogP) is 3.96. The van der Waals surface area contributed by atoms with E-state index in [1.54, 1.807) is 36.7 Å². The highest BCUT2D eigenvalue weighted by molar-refractivity contribution is 6.15. The lowest BCUT2D eigenvalue weighted by Crippen LogP contribution is -2.08. The van der Waals surface area contributed by atoms with Crippen LogP contribution in [0.3, 0.4) is 0 Å². The van der Waals surface area contributed by atoms with Gasteiger partial charge in [-0.25, -0.2) is 0 Å². The maximum absolute atomic E-state index is 13.6. The molecule has 0 atom stereocenters. The van der Waals surface area contributed by atoms with E-state index >= 15 is 0 Å². The Morgan fingerprint density at radius 3 is 1.57 bits per heavy atom. The number of nitrogens with two attached hydrogens (primary N) is 2. The number of aromatic nitrogens is 2. The van der Waals surface area contributed by atoms with Crippen LogP contribution >= 0.6 is 0 Å². The first-order chi connectivity index (χ1) is 14.7. The topological polar surface area (TPSA) is 94.9 Å². The van der Waals surface area contributed by atoms with Crippen molar-refractivity contribution in [2.45, 2.75) is 13.1 Å². The molecule has 2 aromatic carbocycles. The fourth-order valence-corrected chi connectivity index (χ4v) is 3.47. The quantitative estimate of drug-likeness (QED) is 0.483. The second-order valence-electron chi connectivity index (χ2n) is 6.94. The number of rotatable bonds is 6. The summed E-state index contributed by atoms with van der Waals surface area (Å²) in [5.41, 5.74) is 17.6. The van der Waals surface area contributed by atoms with Gasteiger partial charge in [0.25, 0.3) is 0 Å². The van der Waals surface area contributed by atoms with Crippen molar-refractivity contribution in [3.63, 3.8) is 0 Å². The molecule has 2 heterocycles. The van der Waals surface area contributed by atoms with Crippen LogP contribution in [-0.4, -0.2) is 15.8 Å². The van der Waals surface area contributed by atoms with Gasteiger partial charge in [0.2, 0.25) is 0 Å². The molecule has 0 amide bonds. The van der Waals surface area contributed by atoms with Gasteiger partial charge in [0.05, 0.1) is 11.4 Å². The van der Waals surface area contributed by atoms with Crippen LogP contribution in [0, 0.1) is 0 Å². The Balaban J connectivity index is 1.82. The molecule has 2 aromatic heterocycles. The van der Waals surface area contributed by atoms with Crippen LogP contribution < -0.4 is 11.5 Å². The van der Waals surface area contributed by atoms with E-state index in [1.165, 1.54) is 0 Å². The molecule has 0 saturated carbocycles. The zero-order valence-corrected chi connectivity index (χ0v) is 16.5. The maximum atomic E-state index is 13.6. The average molecular weight is 394 g/mol. The molecule has 0 aliphatic rings. The summed E-state index contributed by atoms with van der Waals surface area (Å²) in [6.45, 7) is 0.850. The second kappa shape index (κ2) is 8.78. The largest absolute Gasteiger partial charge is 0.326 e. The molecule has 4 aromatic rings. The third-order valence-corrected chi connectivity index (χ3v) is 4.98. The Labute approximate surface area is 175 Å². The third-order valence-electron chi connectivity index (χ3n) is 4.98. The molecule has 30 heavy (non-hydrogen) atoms. The minimum Gasteiger partial charge on any atom is -0.326 e. The van der Waals surface area contributed by atoms with Gasteiger partial charge in [-0.2, -0.15) is 0 Å². The van der Waals surface area contributed by atoms with Gasteiger partial charge in [-0.3, -0.25) is 14.8 Å². The van der Waals surface area contributed by atoms with Crippen molar-refractivity contribution >= 4 is 5.78 Å². The fourth-order valence-electron chi connectivity index (χ4n) is 3.47. The van der Waals surface area contributed by atoms with Crippen LogP contribution in [-0.2, 0) is 13.1 Å². The summed E-state index contributed by atoms with van der Waals surface area (Å²) in [6, 6.07) is 22.7. The highest BCUT2D eigenvalue weighted by Gasteiger charge is 2.20. The summed E-state index contributed by atoms with van der Waals surface area (Å²) in [4.78, 5) is 22.6. The van der Waals surface area contributed by atoms with E-state index < -0.39 is 0 Å². The van der Waals surface area contributed by atoms with Crippen molar-refractivity contribution in [3.05, 3.63) is 107 Å². The molecule has 0 aliphatic heterocycles. The standard InChI is InChI=1S/C25H22N4O/c26-15-17-5-1-7-19(13-17)23-21(9-3-11-28-23)25(30)22-10-4-12-29-24(22)20-8-2-6-18(14-20)16-27/h1-14H,15-16,26-27H2. The first-order valence-corrected chi connectivity index (χ1v) is 9.74. The summed E-state index contributed by atoms with van der Waals surface area (Å²) in [5.74, 6) is -0.127. The van der Waals surface area contributed by atoms with Crippen LogP contribution in [0.25, 0.3) is 22.5 Å². The Morgan fingerprint density at radius 1 is 0.667 bits per heavy atom. The smallest absolute Gasteiger partial charge is 0.197 e. The zero-order valence-electron chi connectivity index (χ0n) is 16.5. The van der Waals surface area contributed by atoms with E-state index in [0.29, 0.717) is 35.6 Å². The van der Waals surface area contributed by atoms with Gasteiger partial charge < -0.3 is 11.5 Å². The number of carbonyl (C=O) groups excluding carboxylic acids is 1. The Bertz CT molecular complexity index is 1110. The van der Waals surface area contributed by atoms with Gasteiger partial charge in [0, 0.05) is 47.7 Å². The molecular formula is C25H22N4O. The second-order valence-corrected chi connectivity index (χ2v) is 6.94. The molecule has 0 aliphatic carbocycles. The number of hydrogen-bond donors (Lipinski definition) is 2. The number of hydrogen-bond acceptors (Lipinski definition) is 5. The third kappa shape index (κ3) is 3.89. The molecule has 5 heteroatoms. The molecule has 0 bridgehead atoms. The van der Waals surface area contributed by atoms with Crippen molar-refractivity contribution < 1.29 is 4.79 Å². The number of carbonyl (C=O) groups is 1. The van der Waals surface area contributed by atoms with Gasteiger partial charge in [0.1, 0.15) is 0 Å². The van der Waals surface area contributed by atoms with Gasteiger partial charge in [-0.05, 0) is 47.5 Å². The molecule has 4 N–H and O–H groups in total. The van der Waals surface area contributed by atoms with E-state index in [0.717, 1.165) is 22.3 Å². The predicted molar refractivity (Wildman–Crippen MR) is 119 cm³/mol. The Hall–Kier alpha value is -3.67. The number of benzene rings is 2. The molecule has 0 unspecified atom stereocenters. The molecule has 0 spiro atoms. The maximum Gasteiger partial charge on any atom is 0.197 e. The summed E-state index contributed by atoms with van der Waals surface area (Å²) < 4.78 is 0. The first kappa shape index (κ1) is 19.6. The van der Waals surface area contributed by atoms with Gasteiger partial charge in [-0.15, -0.1) is 0 Å². The molecule has 5 nitrogen and oxygen atoms in total. The van der Waals surface area contributed by atoms with Crippen molar-refractivity contribution in [2.24, 2.45) is 11.5 Å². The fraction of sp³-hybridized carbons (Fsp3) is 0.0800. The molecule has 0 saturated heterocycles. The van der Waals surface area contributed by atoms with Crippen molar-refractivity contribution in [3.8, 4) is 22.5 Å². The molecular weight excluding hydrogens is 372 g/mol. The van der Waals surface area contributed by atoms with E-state index in [1.807, 2.05) is 48.5 Å². The lowest BCUT2D eigenvalue weighted by molar-refractivity contribution is 0.103. The van der Waals surface area contributed by atoms with Crippen molar-refractivity contribution in [1.82, 2.24) is 9.97 Å². The van der Waals surface area contributed by atoms with Gasteiger partial charge in [0.15, 0.2) is 5.78 Å². The highest BCUT2D eigenvalue weighted by Crippen LogP contribution is 2.28. The summed E-state index contributed by atoms with van der Waals surface area (Å²) in [5, 5.41) is 0. The minimum absolute atomic E-state index is 0.127. The molecule has 0 radical (unpaired) electrons.